The second-order valence-corrected chi connectivity index (χ2v) is 11.2. The van der Waals surface area contributed by atoms with Crippen LogP contribution in [0, 0.1) is 6.92 Å². The molecule has 1 aromatic heterocycles. The summed E-state index contributed by atoms with van der Waals surface area (Å²) in [4.78, 5) is 49.8. The fraction of sp³-hybridized carbons (Fsp3) is 0.520. The molecule has 2 amide bonds. The van der Waals surface area contributed by atoms with E-state index < -0.39 is 35.5 Å². The van der Waals surface area contributed by atoms with Crippen LogP contribution in [0.15, 0.2) is 21.3 Å². The standard InChI is InChI=1S/C25H32N2O7S2/c1-13-15-8-14-6-7-25(2,3)34-19(14)10-20(15)33-24(32)16(13)9-21(28)26-17(11-35-4)22(29)27-18(12-36-5)23(30)31/h8,10,17-18H,6-7,9,11-12H2,1-5H3,(H,26,28)(H,27,29)(H,30,31). The van der Waals surface area contributed by atoms with Crippen molar-refractivity contribution in [1.29, 1.82) is 0 Å². The van der Waals surface area contributed by atoms with Crippen molar-refractivity contribution < 1.29 is 28.6 Å². The number of rotatable bonds is 10. The van der Waals surface area contributed by atoms with Crippen LogP contribution in [0.25, 0.3) is 11.0 Å². The van der Waals surface area contributed by atoms with Crippen molar-refractivity contribution in [3.63, 3.8) is 0 Å². The molecule has 1 aromatic carbocycles. The van der Waals surface area contributed by atoms with Gasteiger partial charge in [-0.05, 0) is 63.3 Å². The number of carbonyl (C=O) groups excluding carboxylic acids is 2. The molecule has 0 aliphatic carbocycles. The first-order chi connectivity index (χ1) is 17.0. The number of carboxylic acid groups (broad SMARTS) is 1. The van der Waals surface area contributed by atoms with E-state index in [9.17, 15) is 24.3 Å². The maximum absolute atomic E-state index is 12.9. The third-order valence-electron chi connectivity index (χ3n) is 6.12. The minimum Gasteiger partial charge on any atom is -0.487 e. The highest BCUT2D eigenvalue weighted by Crippen LogP contribution is 2.36. The van der Waals surface area contributed by atoms with Gasteiger partial charge in [-0.1, -0.05) is 0 Å². The third kappa shape index (κ3) is 6.56. The number of thioether (sulfide) groups is 2. The summed E-state index contributed by atoms with van der Waals surface area (Å²) in [5.41, 5.74) is 1.34. The number of hydrogen-bond acceptors (Lipinski definition) is 8. The van der Waals surface area contributed by atoms with Crippen LogP contribution in [-0.4, -0.2) is 64.6 Å². The van der Waals surface area contributed by atoms with Crippen LogP contribution in [-0.2, 0) is 27.2 Å². The van der Waals surface area contributed by atoms with Crippen LogP contribution < -0.4 is 21.0 Å². The molecular formula is C25H32N2O7S2. The lowest BCUT2D eigenvalue weighted by molar-refractivity contribution is -0.141. The predicted octanol–water partition coefficient (Wildman–Crippen LogP) is 2.53. The highest BCUT2D eigenvalue weighted by Gasteiger charge is 2.29. The fourth-order valence-corrected chi connectivity index (χ4v) is 5.24. The van der Waals surface area contributed by atoms with Crippen molar-refractivity contribution in [2.24, 2.45) is 0 Å². The van der Waals surface area contributed by atoms with Crippen LogP contribution in [0.2, 0.25) is 0 Å². The van der Waals surface area contributed by atoms with Gasteiger partial charge in [0.25, 0.3) is 0 Å². The Balaban J connectivity index is 1.81. The summed E-state index contributed by atoms with van der Waals surface area (Å²) in [5.74, 6) is -1.12. The van der Waals surface area contributed by atoms with Crippen molar-refractivity contribution >= 4 is 52.3 Å². The van der Waals surface area contributed by atoms with E-state index in [-0.39, 0.29) is 29.1 Å². The maximum atomic E-state index is 12.9. The van der Waals surface area contributed by atoms with Crippen molar-refractivity contribution in [2.75, 3.05) is 24.0 Å². The van der Waals surface area contributed by atoms with Crippen molar-refractivity contribution in [1.82, 2.24) is 10.6 Å². The molecule has 0 bridgehead atoms. The summed E-state index contributed by atoms with van der Waals surface area (Å²) in [6, 6.07) is 1.66. The number of ether oxygens (including phenoxy) is 1. The van der Waals surface area contributed by atoms with Gasteiger partial charge in [-0.3, -0.25) is 9.59 Å². The monoisotopic (exact) mass is 536 g/mol. The molecule has 0 spiro atoms. The largest absolute Gasteiger partial charge is 0.487 e. The second-order valence-electron chi connectivity index (χ2n) is 9.42. The number of amides is 2. The molecule has 0 saturated carbocycles. The summed E-state index contributed by atoms with van der Waals surface area (Å²) in [7, 11) is 0. The molecule has 1 aliphatic heterocycles. The maximum Gasteiger partial charge on any atom is 0.340 e. The van der Waals surface area contributed by atoms with Crippen LogP contribution >= 0.6 is 23.5 Å². The van der Waals surface area contributed by atoms with Gasteiger partial charge in [0.2, 0.25) is 11.8 Å². The topological polar surface area (TPSA) is 135 Å². The second kappa shape index (κ2) is 11.6. The highest BCUT2D eigenvalue weighted by molar-refractivity contribution is 7.98. The van der Waals surface area contributed by atoms with Crippen LogP contribution in [0.1, 0.15) is 37.0 Å². The average molecular weight is 537 g/mol. The molecule has 1 aliphatic rings. The van der Waals surface area contributed by atoms with E-state index in [0.717, 1.165) is 23.8 Å². The number of aliphatic carboxylic acids is 1. The van der Waals surface area contributed by atoms with Crippen LogP contribution in [0.3, 0.4) is 0 Å². The normalized spacial score (nSPS) is 15.9. The smallest absolute Gasteiger partial charge is 0.340 e. The van der Waals surface area contributed by atoms with Gasteiger partial charge in [-0.2, -0.15) is 23.5 Å². The number of nitrogens with one attached hydrogen (secondary N) is 2. The van der Waals surface area contributed by atoms with Gasteiger partial charge in [0, 0.05) is 23.0 Å². The molecule has 0 saturated heterocycles. The van der Waals surface area contributed by atoms with Gasteiger partial charge < -0.3 is 24.9 Å². The van der Waals surface area contributed by atoms with Gasteiger partial charge in [0.1, 0.15) is 29.0 Å². The van der Waals surface area contributed by atoms with E-state index in [1.54, 1.807) is 25.5 Å². The first-order valence-electron chi connectivity index (χ1n) is 11.5. The first kappa shape index (κ1) is 27.9. The lowest BCUT2D eigenvalue weighted by Crippen LogP contribution is -2.53. The molecule has 36 heavy (non-hydrogen) atoms. The number of aryl methyl sites for hydroxylation is 2. The van der Waals surface area contributed by atoms with Crippen molar-refractivity contribution in [3.8, 4) is 5.75 Å². The third-order valence-corrected chi connectivity index (χ3v) is 7.45. The summed E-state index contributed by atoms with van der Waals surface area (Å²) in [6.45, 7) is 5.80. The Morgan fingerprint density at radius 1 is 1.11 bits per heavy atom. The minimum atomic E-state index is -1.15. The quantitative estimate of drug-likeness (QED) is 0.392. The Labute approximate surface area is 218 Å². The number of carbonyl (C=O) groups is 3. The average Bonchev–Trinajstić information content (AvgIpc) is 2.79. The molecule has 9 nitrogen and oxygen atoms in total. The molecule has 2 atom stereocenters. The summed E-state index contributed by atoms with van der Waals surface area (Å²) in [6.07, 6.45) is 4.93. The number of hydrogen-bond donors (Lipinski definition) is 3. The summed E-state index contributed by atoms with van der Waals surface area (Å²) < 4.78 is 11.6. The van der Waals surface area contributed by atoms with Crippen LogP contribution in [0.5, 0.6) is 5.75 Å². The molecule has 3 rings (SSSR count). The zero-order chi connectivity index (χ0) is 26.6. The predicted molar refractivity (Wildman–Crippen MR) is 142 cm³/mol. The molecule has 2 aromatic rings. The van der Waals surface area contributed by atoms with Gasteiger partial charge >= 0.3 is 11.6 Å². The molecular weight excluding hydrogens is 504 g/mol. The molecule has 3 N–H and O–H groups in total. The Morgan fingerprint density at radius 2 is 1.78 bits per heavy atom. The zero-order valence-corrected chi connectivity index (χ0v) is 22.7. The number of fused-ring (bicyclic) bond motifs is 2. The van der Waals surface area contributed by atoms with Gasteiger partial charge in [0.15, 0.2) is 0 Å². The Bertz CT molecular complexity index is 1230. The van der Waals surface area contributed by atoms with Gasteiger partial charge in [-0.15, -0.1) is 0 Å². The van der Waals surface area contributed by atoms with Gasteiger partial charge in [-0.25, -0.2) is 9.59 Å². The fourth-order valence-electron chi connectivity index (χ4n) is 4.11. The van der Waals surface area contributed by atoms with E-state index in [2.05, 4.69) is 10.6 Å². The Morgan fingerprint density at radius 3 is 2.42 bits per heavy atom. The van der Waals surface area contributed by atoms with E-state index in [1.807, 2.05) is 19.9 Å². The van der Waals surface area contributed by atoms with Gasteiger partial charge in [0.05, 0.1) is 12.0 Å². The summed E-state index contributed by atoms with van der Waals surface area (Å²) in [5, 5.41) is 15.2. The van der Waals surface area contributed by atoms with Crippen molar-refractivity contribution in [3.05, 3.63) is 39.2 Å². The SMILES string of the molecule is CSCC(NC(=O)C(CSC)NC(=O)Cc1c(C)c2cc3c(cc2oc1=O)OC(C)(C)CC3)C(=O)O. The Hall–Kier alpha value is -2.66. The molecule has 2 heterocycles. The number of benzene rings is 1. The molecule has 0 fully saturated rings. The minimum absolute atomic E-state index is 0.199. The van der Waals surface area contributed by atoms with Crippen LogP contribution in [0.4, 0.5) is 0 Å². The Kier molecular flexibility index (Phi) is 8.99. The molecule has 11 heteroatoms. The molecule has 196 valence electrons. The molecule has 2 unspecified atom stereocenters. The van der Waals surface area contributed by atoms with Crippen molar-refractivity contribution in [2.45, 2.75) is 57.7 Å². The molecule has 0 radical (unpaired) electrons. The first-order valence-corrected chi connectivity index (χ1v) is 14.3. The lowest BCUT2D eigenvalue weighted by atomic mass is 9.92. The van der Waals surface area contributed by atoms with E-state index in [4.69, 9.17) is 9.15 Å². The number of carboxylic acids is 1. The highest BCUT2D eigenvalue weighted by atomic mass is 32.2. The van der Waals surface area contributed by atoms with E-state index in [1.165, 1.54) is 23.5 Å². The van der Waals surface area contributed by atoms with E-state index in [0.29, 0.717) is 16.9 Å². The summed E-state index contributed by atoms with van der Waals surface area (Å²) >= 11 is 2.63. The lowest BCUT2D eigenvalue weighted by Gasteiger charge is -2.32. The van der Waals surface area contributed by atoms with E-state index >= 15 is 0 Å². The zero-order valence-electron chi connectivity index (χ0n) is 21.1.